The molecule has 0 atom stereocenters. The van der Waals surface area contributed by atoms with Gasteiger partial charge in [-0.2, -0.15) is 0 Å². The monoisotopic (exact) mass is 389 g/mol. The average molecular weight is 390 g/mol. The number of carbonyl (C=O) groups excluding carboxylic acids is 1. The third-order valence-corrected chi connectivity index (χ3v) is 4.22. The minimum absolute atomic E-state index is 0.0517. The average Bonchev–Trinajstić information content (AvgIpc) is 2.64. The summed E-state index contributed by atoms with van der Waals surface area (Å²) in [7, 11) is 1.54. The number of ether oxygens (including phenoxy) is 1. The molecule has 0 aliphatic rings. The van der Waals surface area contributed by atoms with Crippen LogP contribution in [0.4, 0.5) is 0 Å². The normalized spacial score (nSPS) is 11.0. The highest BCUT2D eigenvalue weighted by Gasteiger charge is 2.17. The summed E-state index contributed by atoms with van der Waals surface area (Å²) in [6.07, 6.45) is 1.38. The number of carbonyl (C=O) groups is 1. The molecule has 1 N–H and O–H groups in total. The van der Waals surface area contributed by atoms with E-state index in [1.807, 2.05) is 30.3 Å². The number of hydrogen-bond donors (Lipinski definition) is 1. The first kappa shape index (κ1) is 18.0. The van der Waals surface area contributed by atoms with Gasteiger partial charge in [0.1, 0.15) is 17.1 Å². The molecule has 0 aliphatic heterocycles. The number of nitrogens with zero attached hydrogens (tertiary/aromatic N) is 1. The molecule has 3 aromatic carbocycles. The van der Waals surface area contributed by atoms with Gasteiger partial charge in [0.15, 0.2) is 0 Å². The molecule has 0 spiro atoms. The molecule has 0 amide bonds. The van der Waals surface area contributed by atoms with Crippen LogP contribution >= 0.6 is 23.2 Å². The fourth-order valence-electron chi connectivity index (χ4n) is 2.48. The van der Waals surface area contributed by atoms with Crippen LogP contribution in [0.5, 0.6) is 11.5 Å². The van der Waals surface area contributed by atoms with Crippen LogP contribution in [-0.2, 0) is 4.84 Å². The maximum Gasteiger partial charge on any atom is 0.369 e. The molecule has 0 unspecified atom stereocenters. The zero-order chi connectivity index (χ0) is 18.7. The molecule has 0 aromatic heterocycles. The lowest BCUT2D eigenvalue weighted by molar-refractivity contribution is 0.0516. The van der Waals surface area contributed by atoms with Gasteiger partial charge in [0.05, 0.1) is 18.3 Å². The minimum atomic E-state index is -0.887. The first-order valence-corrected chi connectivity index (χ1v) is 8.25. The number of hydrogen-bond acceptors (Lipinski definition) is 5. The Labute approximate surface area is 159 Å². The molecule has 0 bridgehead atoms. The molecule has 3 rings (SSSR count). The Hall–Kier alpha value is -2.76. The third kappa shape index (κ3) is 3.59. The second kappa shape index (κ2) is 7.64. The fourth-order valence-corrected chi connectivity index (χ4v) is 2.98. The Morgan fingerprint density at radius 2 is 1.92 bits per heavy atom. The number of halogens is 2. The number of phenols is 1. The molecule has 0 saturated carbocycles. The van der Waals surface area contributed by atoms with Gasteiger partial charge in [-0.15, -0.1) is 0 Å². The minimum Gasteiger partial charge on any atom is -0.505 e. The maximum absolute atomic E-state index is 12.1. The highest BCUT2D eigenvalue weighted by atomic mass is 35.5. The van der Waals surface area contributed by atoms with Crippen LogP contribution in [0.3, 0.4) is 0 Å². The van der Waals surface area contributed by atoms with E-state index in [-0.39, 0.29) is 15.6 Å². The summed E-state index contributed by atoms with van der Waals surface area (Å²) >= 11 is 11.6. The van der Waals surface area contributed by atoms with Crippen molar-refractivity contribution >= 4 is 46.2 Å². The first-order valence-electron chi connectivity index (χ1n) is 7.49. The highest BCUT2D eigenvalue weighted by molar-refractivity contribution is 6.36. The Balaban J connectivity index is 1.90. The number of methoxy groups -OCH3 is 1. The summed E-state index contributed by atoms with van der Waals surface area (Å²) in [5, 5.41) is 15.6. The van der Waals surface area contributed by atoms with Gasteiger partial charge in [0, 0.05) is 10.6 Å². The number of rotatable bonds is 4. The van der Waals surface area contributed by atoms with Crippen molar-refractivity contribution in [3.63, 3.8) is 0 Å². The van der Waals surface area contributed by atoms with E-state index >= 15 is 0 Å². The van der Waals surface area contributed by atoms with Crippen molar-refractivity contribution in [1.82, 2.24) is 0 Å². The second-order valence-electron chi connectivity index (χ2n) is 5.30. The van der Waals surface area contributed by atoms with E-state index < -0.39 is 11.7 Å². The van der Waals surface area contributed by atoms with Crippen LogP contribution < -0.4 is 4.74 Å². The largest absolute Gasteiger partial charge is 0.505 e. The third-order valence-electron chi connectivity index (χ3n) is 3.72. The van der Waals surface area contributed by atoms with E-state index in [2.05, 4.69) is 5.16 Å². The molecule has 0 saturated heterocycles. The smallest absolute Gasteiger partial charge is 0.369 e. The highest BCUT2D eigenvalue weighted by Crippen LogP contribution is 2.31. The summed E-state index contributed by atoms with van der Waals surface area (Å²) in [4.78, 5) is 17.0. The van der Waals surface area contributed by atoms with Crippen molar-refractivity contribution in [3.05, 3.63) is 69.7 Å². The molecule has 0 radical (unpaired) electrons. The maximum atomic E-state index is 12.1. The van der Waals surface area contributed by atoms with E-state index in [1.54, 1.807) is 13.2 Å². The summed E-state index contributed by atoms with van der Waals surface area (Å²) < 4.78 is 5.34. The van der Waals surface area contributed by atoms with Gasteiger partial charge >= 0.3 is 5.97 Å². The predicted octanol–water partition coefficient (Wildman–Crippen LogP) is 5.05. The van der Waals surface area contributed by atoms with Crippen LogP contribution in [-0.4, -0.2) is 24.4 Å². The quantitative estimate of drug-likeness (QED) is 0.385. The van der Waals surface area contributed by atoms with Crippen LogP contribution in [0.2, 0.25) is 10.0 Å². The molecule has 5 nitrogen and oxygen atoms in total. The van der Waals surface area contributed by atoms with Crippen molar-refractivity contribution in [3.8, 4) is 11.5 Å². The molecule has 0 heterocycles. The zero-order valence-electron chi connectivity index (χ0n) is 13.6. The van der Waals surface area contributed by atoms with Gasteiger partial charge in [-0.05, 0) is 29.0 Å². The SMILES string of the molecule is COc1ccc2ccccc2c1C=NOC(=O)c1cc(Cl)cc(Cl)c1O. The van der Waals surface area contributed by atoms with E-state index in [1.165, 1.54) is 18.3 Å². The number of oxime groups is 1. The van der Waals surface area contributed by atoms with Gasteiger partial charge in [0.2, 0.25) is 0 Å². The summed E-state index contributed by atoms with van der Waals surface area (Å²) in [5.41, 5.74) is 0.483. The number of benzene rings is 3. The van der Waals surface area contributed by atoms with E-state index in [0.29, 0.717) is 11.3 Å². The molecular weight excluding hydrogens is 377 g/mol. The summed E-state index contributed by atoms with van der Waals surface area (Å²) in [5.74, 6) is -0.724. The van der Waals surface area contributed by atoms with E-state index in [0.717, 1.165) is 10.8 Å². The second-order valence-corrected chi connectivity index (χ2v) is 6.14. The molecule has 26 heavy (non-hydrogen) atoms. The van der Waals surface area contributed by atoms with Gasteiger partial charge in [-0.25, -0.2) is 4.79 Å². The lowest BCUT2D eigenvalue weighted by atomic mass is 10.0. The molecule has 132 valence electrons. The van der Waals surface area contributed by atoms with E-state index in [9.17, 15) is 9.90 Å². The van der Waals surface area contributed by atoms with Crippen molar-refractivity contribution in [2.45, 2.75) is 0 Å². The Bertz CT molecular complexity index is 1020. The van der Waals surface area contributed by atoms with Crippen molar-refractivity contribution in [2.75, 3.05) is 7.11 Å². The lowest BCUT2D eigenvalue weighted by Crippen LogP contribution is -2.02. The Morgan fingerprint density at radius 1 is 1.15 bits per heavy atom. The van der Waals surface area contributed by atoms with E-state index in [4.69, 9.17) is 32.8 Å². The lowest BCUT2D eigenvalue weighted by Gasteiger charge is -2.08. The topological polar surface area (TPSA) is 68.1 Å². The molecule has 3 aromatic rings. The summed E-state index contributed by atoms with van der Waals surface area (Å²) in [6.45, 7) is 0. The van der Waals surface area contributed by atoms with Crippen molar-refractivity contribution in [1.29, 1.82) is 0 Å². The Kier molecular flexibility index (Phi) is 5.30. The van der Waals surface area contributed by atoms with Gasteiger partial charge in [-0.1, -0.05) is 58.7 Å². The first-order chi connectivity index (χ1) is 12.5. The number of aromatic hydroxyl groups is 1. The zero-order valence-corrected chi connectivity index (χ0v) is 15.1. The van der Waals surface area contributed by atoms with Crippen LogP contribution in [0.25, 0.3) is 10.8 Å². The number of fused-ring (bicyclic) bond motifs is 1. The van der Waals surface area contributed by atoms with Crippen LogP contribution in [0.1, 0.15) is 15.9 Å². The van der Waals surface area contributed by atoms with Crippen molar-refractivity contribution in [2.24, 2.45) is 5.16 Å². The van der Waals surface area contributed by atoms with Crippen molar-refractivity contribution < 1.29 is 19.5 Å². The fraction of sp³-hybridized carbons (Fsp3) is 0.0526. The molecular formula is C19H13Cl2NO4. The van der Waals surface area contributed by atoms with Crippen LogP contribution in [0, 0.1) is 0 Å². The Morgan fingerprint density at radius 3 is 2.69 bits per heavy atom. The standard InChI is InChI=1S/C19H13Cl2NO4/c1-25-17-7-6-11-4-2-3-5-13(11)15(17)10-22-26-19(24)14-8-12(20)9-16(21)18(14)23/h2-10,23H,1H3. The molecule has 0 aliphatic carbocycles. The van der Waals surface area contributed by atoms with Gasteiger partial charge < -0.3 is 14.7 Å². The van der Waals surface area contributed by atoms with Gasteiger partial charge in [0.25, 0.3) is 0 Å². The van der Waals surface area contributed by atoms with Gasteiger partial charge in [-0.3, -0.25) is 0 Å². The van der Waals surface area contributed by atoms with Crippen LogP contribution in [0.15, 0.2) is 53.7 Å². The summed E-state index contributed by atoms with van der Waals surface area (Å²) in [6, 6.07) is 13.9. The molecule has 7 heteroatoms. The predicted molar refractivity (Wildman–Crippen MR) is 102 cm³/mol. The molecule has 0 fully saturated rings. The number of phenolic OH excluding ortho intramolecular Hbond substituents is 1.